The zero-order valence-electron chi connectivity index (χ0n) is 26.3. The molecule has 0 bridgehead atoms. The Morgan fingerprint density at radius 1 is 0.455 bits per heavy atom. The summed E-state index contributed by atoms with van der Waals surface area (Å²) in [5, 5.41) is 1.46. The number of anilines is 3. The minimum atomic E-state index is -1.55. The lowest BCUT2D eigenvalue weighted by Gasteiger charge is -2.31. The normalized spacial score (nSPS) is 13.3. The van der Waals surface area contributed by atoms with Crippen molar-refractivity contribution in [2.75, 3.05) is 4.90 Å². The molecule has 44 heavy (non-hydrogen) atoms. The molecule has 2 heteroatoms. The second-order valence-electron chi connectivity index (χ2n) is 13.5. The van der Waals surface area contributed by atoms with Gasteiger partial charge in [-0.25, -0.2) is 0 Å². The van der Waals surface area contributed by atoms with Crippen LogP contribution in [0.2, 0.25) is 19.6 Å². The largest absolute Gasteiger partial charge is 0.310 e. The van der Waals surface area contributed by atoms with E-state index in [1.165, 1.54) is 61.1 Å². The van der Waals surface area contributed by atoms with Crippen LogP contribution in [0.15, 0.2) is 146 Å². The quantitative estimate of drug-likeness (QED) is 0.176. The molecule has 0 N–H and O–H groups in total. The maximum Gasteiger partial charge on any atom is 0.0776 e. The minimum absolute atomic E-state index is 0.0747. The molecule has 0 unspecified atom stereocenters. The number of fused-ring (bicyclic) bond motifs is 3. The highest BCUT2D eigenvalue weighted by molar-refractivity contribution is 6.88. The molecular formula is C42H39NSi. The van der Waals surface area contributed by atoms with E-state index in [0.717, 1.165) is 5.69 Å². The second kappa shape index (κ2) is 10.8. The van der Waals surface area contributed by atoms with E-state index in [1.807, 2.05) is 0 Å². The number of hydrogen-bond acceptors (Lipinski definition) is 1. The van der Waals surface area contributed by atoms with Gasteiger partial charge in [0.05, 0.1) is 13.8 Å². The van der Waals surface area contributed by atoms with Crippen LogP contribution in [0.5, 0.6) is 0 Å². The molecule has 216 valence electrons. The summed E-state index contributed by atoms with van der Waals surface area (Å²) < 4.78 is 0. The third-order valence-electron chi connectivity index (χ3n) is 9.25. The molecule has 0 spiro atoms. The zero-order valence-corrected chi connectivity index (χ0v) is 27.3. The molecule has 7 rings (SSSR count). The Morgan fingerprint density at radius 3 is 1.70 bits per heavy atom. The third kappa shape index (κ3) is 4.90. The Balaban J connectivity index is 1.45. The van der Waals surface area contributed by atoms with Crippen LogP contribution < -0.4 is 10.1 Å². The predicted octanol–water partition coefficient (Wildman–Crippen LogP) is 11.3. The van der Waals surface area contributed by atoms with Crippen LogP contribution in [-0.2, 0) is 5.41 Å². The fourth-order valence-electron chi connectivity index (χ4n) is 6.74. The van der Waals surface area contributed by atoms with E-state index in [1.54, 1.807) is 0 Å². The molecule has 1 aliphatic rings. The smallest absolute Gasteiger partial charge is 0.0776 e. The Bertz CT molecular complexity index is 1950. The first kappa shape index (κ1) is 28.1. The number of hydrogen-bond donors (Lipinski definition) is 0. The molecule has 0 saturated carbocycles. The topological polar surface area (TPSA) is 3.24 Å². The molecule has 1 nitrogen and oxygen atoms in total. The molecule has 0 heterocycles. The van der Waals surface area contributed by atoms with Crippen LogP contribution >= 0.6 is 0 Å². The Labute approximate surface area is 263 Å². The third-order valence-corrected chi connectivity index (χ3v) is 11.3. The van der Waals surface area contributed by atoms with Gasteiger partial charge < -0.3 is 4.90 Å². The fraction of sp³-hybridized carbons (Fsp3) is 0.143. The van der Waals surface area contributed by atoms with E-state index < -0.39 is 8.07 Å². The Kier molecular flexibility index (Phi) is 6.91. The Morgan fingerprint density at radius 2 is 1.02 bits per heavy atom. The highest BCUT2D eigenvalue weighted by Crippen LogP contribution is 2.51. The van der Waals surface area contributed by atoms with E-state index in [0.29, 0.717) is 0 Å². The van der Waals surface area contributed by atoms with Crippen molar-refractivity contribution in [2.24, 2.45) is 0 Å². The van der Waals surface area contributed by atoms with Crippen LogP contribution in [0.4, 0.5) is 17.1 Å². The molecule has 0 radical (unpaired) electrons. The molecule has 1 aliphatic carbocycles. The van der Waals surface area contributed by atoms with Gasteiger partial charge in [0, 0.05) is 22.4 Å². The maximum atomic E-state index is 2.46. The van der Waals surface area contributed by atoms with Crippen molar-refractivity contribution in [1.82, 2.24) is 0 Å². The van der Waals surface area contributed by atoms with Gasteiger partial charge >= 0.3 is 0 Å². The van der Waals surface area contributed by atoms with Crippen molar-refractivity contribution in [3.05, 3.63) is 157 Å². The van der Waals surface area contributed by atoms with Gasteiger partial charge in [0.25, 0.3) is 0 Å². The van der Waals surface area contributed by atoms with Gasteiger partial charge in [-0.3, -0.25) is 0 Å². The van der Waals surface area contributed by atoms with Gasteiger partial charge in [0.15, 0.2) is 0 Å². The summed E-state index contributed by atoms with van der Waals surface area (Å²) in [6.45, 7) is 12.0. The molecule has 0 amide bonds. The van der Waals surface area contributed by atoms with Gasteiger partial charge in [0.1, 0.15) is 0 Å². The average Bonchev–Trinajstić information content (AvgIpc) is 3.28. The summed E-state index contributed by atoms with van der Waals surface area (Å²) in [7, 11) is -1.55. The lowest BCUT2D eigenvalue weighted by Crippen LogP contribution is -2.37. The van der Waals surface area contributed by atoms with Crippen molar-refractivity contribution in [3.8, 4) is 33.4 Å². The van der Waals surface area contributed by atoms with E-state index in [2.05, 4.69) is 184 Å². The lowest BCUT2D eigenvalue weighted by molar-refractivity contribution is 0.660. The van der Waals surface area contributed by atoms with Crippen LogP contribution in [0.1, 0.15) is 25.0 Å². The summed E-state index contributed by atoms with van der Waals surface area (Å²) in [5.74, 6) is 0. The summed E-state index contributed by atoms with van der Waals surface area (Å²) in [6.07, 6.45) is 0. The van der Waals surface area contributed by atoms with Crippen molar-refractivity contribution in [2.45, 2.75) is 38.9 Å². The van der Waals surface area contributed by atoms with Crippen LogP contribution in [0.25, 0.3) is 33.4 Å². The molecule has 6 aromatic carbocycles. The van der Waals surface area contributed by atoms with Crippen molar-refractivity contribution in [1.29, 1.82) is 0 Å². The molecule has 0 aliphatic heterocycles. The SMILES string of the molecule is CC1(C)c2ccccc2-c2ccc(N(c3ccc(-c4ccccc4)cc3)c3ccc([Si](C)(C)C)cc3-c3ccccc3)cc21. The van der Waals surface area contributed by atoms with Gasteiger partial charge in [-0.15, -0.1) is 0 Å². The molecule has 0 aromatic heterocycles. The maximum absolute atomic E-state index is 2.46. The van der Waals surface area contributed by atoms with E-state index in [-0.39, 0.29) is 5.41 Å². The van der Waals surface area contributed by atoms with Crippen molar-refractivity contribution < 1.29 is 0 Å². The predicted molar refractivity (Wildman–Crippen MR) is 193 cm³/mol. The summed E-state index contributed by atoms with van der Waals surface area (Å²) >= 11 is 0. The highest BCUT2D eigenvalue weighted by atomic mass is 28.3. The minimum Gasteiger partial charge on any atom is -0.310 e. The van der Waals surface area contributed by atoms with Crippen LogP contribution in [-0.4, -0.2) is 8.07 Å². The van der Waals surface area contributed by atoms with Crippen LogP contribution in [0.3, 0.4) is 0 Å². The highest BCUT2D eigenvalue weighted by Gasteiger charge is 2.36. The van der Waals surface area contributed by atoms with E-state index in [4.69, 9.17) is 0 Å². The van der Waals surface area contributed by atoms with Crippen LogP contribution in [0, 0.1) is 0 Å². The van der Waals surface area contributed by atoms with Crippen molar-refractivity contribution >= 4 is 30.3 Å². The van der Waals surface area contributed by atoms with E-state index in [9.17, 15) is 0 Å². The summed E-state index contributed by atoms with van der Waals surface area (Å²) in [6, 6.07) is 53.7. The standard InChI is InChI=1S/C42H39NSi/c1-42(2)39-19-13-12-18-36(39)37-26-24-34(28-40(37)42)43(33-22-20-31(21-23-33)30-14-8-6-9-15-30)41-27-25-35(44(3,4)5)29-38(41)32-16-10-7-11-17-32/h6-29H,1-5H3. The van der Waals surface area contributed by atoms with Gasteiger partial charge in [-0.05, 0) is 69.3 Å². The van der Waals surface area contributed by atoms with E-state index >= 15 is 0 Å². The first-order valence-corrected chi connectivity index (χ1v) is 19.1. The van der Waals surface area contributed by atoms with Gasteiger partial charge in [0.2, 0.25) is 0 Å². The number of benzene rings is 6. The van der Waals surface area contributed by atoms with Gasteiger partial charge in [-0.2, -0.15) is 0 Å². The molecule has 0 saturated heterocycles. The van der Waals surface area contributed by atoms with Gasteiger partial charge in [-0.1, -0.05) is 154 Å². The molecular weight excluding hydrogens is 547 g/mol. The monoisotopic (exact) mass is 585 g/mol. The fourth-order valence-corrected chi connectivity index (χ4v) is 7.90. The number of rotatable bonds is 6. The molecule has 0 fully saturated rings. The second-order valence-corrected chi connectivity index (χ2v) is 18.6. The average molecular weight is 586 g/mol. The molecule has 0 atom stereocenters. The first-order valence-electron chi connectivity index (χ1n) is 15.6. The first-order chi connectivity index (χ1) is 21.2. The summed E-state index contributed by atoms with van der Waals surface area (Å²) in [4.78, 5) is 2.46. The number of nitrogens with zero attached hydrogens (tertiary/aromatic N) is 1. The lowest BCUT2D eigenvalue weighted by atomic mass is 9.82. The molecule has 6 aromatic rings. The zero-order chi connectivity index (χ0) is 30.5. The summed E-state index contributed by atoms with van der Waals surface area (Å²) in [5.41, 5.74) is 13.9. The van der Waals surface area contributed by atoms with Crippen molar-refractivity contribution in [3.63, 3.8) is 0 Å². The Hall–Kier alpha value is -4.66.